The van der Waals surface area contributed by atoms with Crippen molar-refractivity contribution in [1.82, 2.24) is 14.5 Å². The fourth-order valence-electron chi connectivity index (χ4n) is 1.96. The summed E-state index contributed by atoms with van der Waals surface area (Å²) in [5, 5.41) is 4.52. The molecule has 1 heterocycles. The summed E-state index contributed by atoms with van der Waals surface area (Å²) < 4.78 is 28.4. The molecule has 0 spiro atoms. The molecular weight excluding hydrogens is 310 g/mol. The summed E-state index contributed by atoms with van der Waals surface area (Å²) >= 11 is 5.74. The Morgan fingerprint density at radius 2 is 2.00 bits per heavy atom. The Hall–Kier alpha value is -1.37. The first kappa shape index (κ1) is 16.0. The van der Waals surface area contributed by atoms with Crippen molar-refractivity contribution in [3.63, 3.8) is 0 Å². The number of sulfonamides is 1. The molecule has 0 saturated carbocycles. The van der Waals surface area contributed by atoms with Crippen LogP contribution in [0.25, 0.3) is 0 Å². The van der Waals surface area contributed by atoms with Gasteiger partial charge in [0, 0.05) is 12.7 Å². The maximum absolute atomic E-state index is 12.1. The lowest BCUT2D eigenvalue weighted by molar-refractivity contribution is 0.561. The number of nitrogens with zero attached hydrogens (tertiary/aromatic N) is 2. The highest BCUT2D eigenvalue weighted by Gasteiger charge is 2.13. The quantitative estimate of drug-likeness (QED) is 0.849. The number of aromatic nitrogens is 2. The molecule has 0 radical (unpaired) electrons. The average Bonchev–Trinajstić information content (AvgIpc) is 2.85. The van der Waals surface area contributed by atoms with Gasteiger partial charge in [-0.15, -0.1) is 0 Å². The molecule has 114 valence electrons. The first-order chi connectivity index (χ1) is 10.0. The van der Waals surface area contributed by atoms with E-state index in [2.05, 4.69) is 16.7 Å². The van der Waals surface area contributed by atoms with Crippen molar-refractivity contribution in [1.29, 1.82) is 0 Å². The van der Waals surface area contributed by atoms with E-state index in [1.165, 1.54) is 6.20 Å². The van der Waals surface area contributed by atoms with E-state index in [1.807, 2.05) is 12.1 Å². The molecule has 5 nitrogen and oxygen atoms in total. The molecule has 1 aromatic carbocycles. The number of halogens is 1. The summed E-state index contributed by atoms with van der Waals surface area (Å²) in [6.07, 6.45) is 5.16. The molecule has 0 bridgehead atoms. The van der Waals surface area contributed by atoms with Gasteiger partial charge in [0.25, 0.3) is 0 Å². The van der Waals surface area contributed by atoms with Crippen LogP contribution < -0.4 is 4.72 Å². The van der Waals surface area contributed by atoms with Crippen molar-refractivity contribution in [3.05, 3.63) is 47.2 Å². The average molecular weight is 328 g/mol. The van der Waals surface area contributed by atoms with Gasteiger partial charge in [-0.1, -0.05) is 37.1 Å². The smallest absolute Gasteiger partial charge is 0.240 e. The van der Waals surface area contributed by atoms with Crippen LogP contribution in [0.3, 0.4) is 0 Å². The van der Waals surface area contributed by atoms with E-state index in [4.69, 9.17) is 11.6 Å². The Bertz CT molecular complexity index is 680. The molecule has 1 N–H and O–H groups in total. The monoisotopic (exact) mass is 327 g/mol. The van der Waals surface area contributed by atoms with E-state index in [1.54, 1.807) is 23.0 Å². The topological polar surface area (TPSA) is 64.0 Å². The largest absolute Gasteiger partial charge is 0.270 e. The molecule has 0 aliphatic rings. The summed E-state index contributed by atoms with van der Waals surface area (Å²) in [7, 11) is -3.48. The molecule has 0 atom stereocenters. The number of rotatable bonds is 7. The lowest BCUT2D eigenvalue weighted by atomic mass is 10.1. The SMILES string of the molecule is CCCc1ccc(S(=O)(=O)NCCn2cc(Cl)cn2)cc1. The second-order valence-corrected chi connectivity index (χ2v) is 6.92. The Kier molecular flexibility index (Phi) is 5.39. The predicted octanol–water partition coefficient (Wildman–Crippen LogP) is 2.47. The van der Waals surface area contributed by atoms with Gasteiger partial charge in [-0.2, -0.15) is 5.10 Å². The summed E-state index contributed by atoms with van der Waals surface area (Å²) in [5.74, 6) is 0. The third-order valence-corrected chi connectivity index (χ3v) is 4.68. The summed E-state index contributed by atoms with van der Waals surface area (Å²) in [6.45, 7) is 2.78. The number of aryl methyl sites for hydroxylation is 1. The molecule has 0 saturated heterocycles. The molecule has 7 heteroatoms. The fourth-order valence-corrected chi connectivity index (χ4v) is 3.14. The molecule has 0 aliphatic heterocycles. The Morgan fingerprint density at radius 1 is 1.29 bits per heavy atom. The van der Waals surface area contributed by atoms with Gasteiger partial charge in [0.15, 0.2) is 0 Å². The van der Waals surface area contributed by atoms with E-state index in [9.17, 15) is 8.42 Å². The zero-order valence-electron chi connectivity index (χ0n) is 11.8. The summed E-state index contributed by atoms with van der Waals surface area (Å²) in [6, 6.07) is 6.98. The number of hydrogen-bond acceptors (Lipinski definition) is 3. The van der Waals surface area contributed by atoms with Gasteiger partial charge in [-0.25, -0.2) is 13.1 Å². The number of nitrogens with one attached hydrogen (secondary N) is 1. The fraction of sp³-hybridized carbons (Fsp3) is 0.357. The Morgan fingerprint density at radius 3 is 2.57 bits per heavy atom. The van der Waals surface area contributed by atoms with Crippen LogP contribution in [0.15, 0.2) is 41.6 Å². The molecule has 0 amide bonds. The minimum absolute atomic E-state index is 0.261. The molecule has 21 heavy (non-hydrogen) atoms. The second-order valence-electron chi connectivity index (χ2n) is 4.71. The summed E-state index contributed by atoms with van der Waals surface area (Å²) in [5.41, 5.74) is 1.14. The van der Waals surface area contributed by atoms with Gasteiger partial charge in [-0.05, 0) is 24.1 Å². The molecule has 0 fully saturated rings. The van der Waals surface area contributed by atoms with Crippen LogP contribution in [-0.2, 0) is 23.0 Å². The van der Waals surface area contributed by atoms with Crippen LogP contribution in [0.5, 0.6) is 0 Å². The molecular formula is C14H18ClN3O2S. The maximum atomic E-state index is 12.1. The molecule has 2 rings (SSSR count). The lowest BCUT2D eigenvalue weighted by Gasteiger charge is -2.07. The first-order valence-electron chi connectivity index (χ1n) is 6.78. The standard InChI is InChI=1S/C14H18ClN3O2S/c1-2-3-12-4-6-14(7-5-12)21(19,20)17-8-9-18-11-13(15)10-16-18/h4-7,10-11,17H,2-3,8-9H2,1H3. The Labute approximate surface area is 130 Å². The number of hydrogen-bond donors (Lipinski definition) is 1. The highest BCUT2D eigenvalue weighted by molar-refractivity contribution is 7.89. The minimum Gasteiger partial charge on any atom is -0.270 e. The summed E-state index contributed by atoms with van der Waals surface area (Å²) in [4.78, 5) is 0.279. The van der Waals surface area contributed by atoms with E-state index < -0.39 is 10.0 Å². The van der Waals surface area contributed by atoms with E-state index >= 15 is 0 Å². The normalized spacial score (nSPS) is 11.7. The van der Waals surface area contributed by atoms with E-state index in [0.29, 0.717) is 11.6 Å². The van der Waals surface area contributed by atoms with Gasteiger partial charge in [0.05, 0.1) is 22.7 Å². The van der Waals surface area contributed by atoms with Gasteiger partial charge < -0.3 is 0 Å². The maximum Gasteiger partial charge on any atom is 0.240 e. The highest BCUT2D eigenvalue weighted by atomic mass is 35.5. The molecule has 0 unspecified atom stereocenters. The van der Waals surface area contributed by atoms with Crippen molar-refractivity contribution in [2.24, 2.45) is 0 Å². The van der Waals surface area contributed by atoms with E-state index in [0.717, 1.165) is 18.4 Å². The zero-order valence-corrected chi connectivity index (χ0v) is 13.4. The van der Waals surface area contributed by atoms with Crippen LogP contribution in [0.4, 0.5) is 0 Å². The molecule has 0 aliphatic carbocycles. The lowest BCUT2D eigenvalue weighted by Crippen LogP contribution is -2.27. The minimum atomic E-state index is -3.48. The van der Waals surface area contributed by atoms with Gasteiger partial charge in [0.2, 0.25) is 10.0 Å². The van der Waals surface area contributed by atoms with Crippen LogP contribution in [0.1, 0.15) is 18.9 Å². The zero-order chi connectivity index (χ0) is 15.3. The van der Waals surface area contributed by atoms with Crippen LogP contribution in [0.2, 0.25) is 5.02 Å². The number of benzene rings is 1. The van der Waals surface area contributed by atoms with Crippen molar-refractivity contribution in [2.45, 2.75) is 31.2 Å². The van der Waals surface area contributed by atoms with Crippen LogP contribution >= 0.6 is 11.6 Å². The molecule has 2 aromatic rings. The van der Waals surface area contributed by atoms with Crippen molar-refractivity contribution in [3.8, 4) is 0 Å². The first-order valence-corrected chi connectivity index (χ1v) is 8.64. The van der Waals surface area contributed by atoms with E-state index in [-0.39, 0.29) is 11.4 Å². The van der Waals surface area contributed by atoms with Crippen LogP contribution in [-0.4, -0.2) is 24.7 Å². The highest BCUT2D eigenvalue weighted by Crippen LogP contribution is 2.11. The van der Waals surface area contributed by atoms with Crippen molar-refractivity contribution in [2.75, 3.05) is 6.54 Å². The Balaban J connectivity index is 1.94. The van der Waals surface area contributed by atoms with Gasteiger partial charge in [0.1, 0.15) is 0 Å². The van der Waals surface area contributed by atoms with Crippen molar-refractivity contribution >= 4 is 21.6 Å². The second kappa shape index (κ2) is 7.06. The van der Waals surface area contributed by atoms with Gasteiger partial charge >= 0.3 is 0 Å². The molecule has 1 aromatic heterocycles. The van der Waals surface area contributed by atoms with Crippen LogP contribution in [0, 0.1) is 0 Å². The van der Waals surface area contributed by atoms with Gasteiger partial charge in [-0.3, -0.25) is 4.68 Å². The third-order valence-electron chi connectivity index (χ3n) is 3.01. The van der Waals surface area contributed by atoms with Crippen molar-refractivity contribution < 1.29 is 8.42 Å². The predicted molar refractivity (Wildman–Crippen MR) is 82.9 cm³/mol. The third kappa shape index (κ3) is 4.56.